The molecule has 0 N–H and O–H groups in total. The summed E-state index contributed by atoms with van der Waals surface area (Å²) in [7, 11) is 0. The maximum atomic E-state index is 12.6. The van der Waals surface area contributed by atoms with Gasteiger partial charge in [0.1, 0.15) is 0 Å². The topological polar surface area (TPSA) is 40.2 Å². The predicted molar refractivity (Wildman–Crippen MR) is 81.8 cm³/mol. The second kappa shape index (κ2) is 5.83. The van der Waals surface area contributed by atoms with Gasteiger partial charge < -0.3 is 0 Å². The van der Waals surface area contributed by atoms with Crippen LogP contribution in [-0.4, -0.2) is 5.91 Å². The highest BCUT2D eigenvalue weighted by molar-refractivity contribution is 6.03. The Morgan fingerprint density at radius 1 is 1.05 bits per heavy atom. The lowest BCUT2D eigenvalue weighted by atomic mass is 9.93. The zero-order chi connectivity index (χ0) is 14.7. The van der Waals surface area contributed by atoms with E-state index in [1.165, 1.54) is 11.0 Å². The van der Waals surface area contributed by atoms with Crippen LogP contribution in [0.25, 0.3) is 0 Å². The molecule has 105 valence electrons. The van der Waals surface area contributed by atoms with Gasteiger partial charge in [-0.2, -0.15) is 0 Å². The Kier molecular flexibility index (Phi) is 3.73. The SMILES string of the molecule is [O]C1=C[C@@H](/C2=C/C=C\C=C/CC2)C(=O)N1c1ccccc1. The van der Waals surface area contributed by atoms with E-state index in [0.29, 0.717) is 5.69 Å². The number of amides is 1. The molecule has 21 heavy (non-hydrogen) atoms. The van der Waals surface area contributed by atoms with Crippen LogP contribution in [0.15, 0.2) is 78.2 Å². The Labute approximate surface area is 124 Å². The lowest BCUT2D eigenvalue weighted by Gasteiger charge is -2.18. The van der Waals surface area contributed by atoms with Crippen LogP contribution in [0.5, 0.6) is 0 Å². The van der Waals surface area contributed by atoms with Crippen LogP contribution < -0.4 is 4.90 Å². The fourth-order valence-electron chi connectivity index (χ4n) is 2.64. The highest BCUT2D eigenvalue weighted by Crippen LogP contribution is 2.33. The molecule has 1 atom stereocenters. The molecule has 1 aliphatic heterocycles. The van der Waals surface area contributed by atoms with Crippen molar-refractivity contribution in [2.45, 2.75) is 12.8 Å². The van der Waals surface area contributed by atoms with E-state index in [4.69, 9.17) is 0 Å². The molecule has 0 saturated carbocycles. The summed E-state index contributed by atoms with van der Waals surface area (Å²) in [6.07, 6.45) is 13.1. The molecule has 1 amide bonds. The van der Waals surface area contributed by atoms with Crippen LogP contribution in [0.2, 0.25) is 0 Å². The molecule has 0 aromatic heterocycles. The zero-order valence-electron chi connectivity index (χ0n) is 11.6. The molecule has 0 bridgehead atoms. The summed E-state index contributed by atoms with van der Waals surface area (Å²) in [6.45, 7) is 0. The van der Waals surface area contributed by atoms with Gasteiger partial charge in [0.05, 0.1) is 11.6 Å². The van der Waals surface area contributed by atoms with E-state index in [1.54, 1.807) is 12.1 Å². The van der Waals surface area contributed by atoms with Gasteiger partial charge in [-0.1, -0.05) is 54.2 Å². The Morgan fingerprint density at radius 3 is 2.67 bits per heavy atom. The fraction of sp³-hybridized carbons (Fsp3) is 0.167. The number of para-hydroxylation sites is 1. The zero-order valence-corrected chi connectivity index (χ0v) is 11.6. The average Bonchev–Trinajstić information content (AvgIpc) is 2.75. The summed E-state index contributed by atoms with van der Waals surface area (Å²) in [5.41, 5.74) is 1.63. The molecule has 1 aromatic carbocycles. The summed E-state index contributed by atoms with van der Waals surface area (Å²) in [5.74, 6) is -0.831. The third-order valence-electron chi connectivity index (χ3n) is 3.70. The molecule has 0 spiro atoms. The molecule has 0 saturated heterocycles. The average molecular weight is 278 g/mol. The number of hydrogen-bond donors (Lipinski definition) is 0. The van der Waals surface area contributed by atoms with Gasteiger partial charge in [0.2, 0.25) is 5.91 Å². The van der Waals surface area contributed by atoms with Crippen LogP contribution >= 0.6 is 0 Å². The Balaban J connectivity index is 1.89. The van der Waals surface area contributed by atoms with Gasteiger partial charge in [-0.25, -0.2) is 4.90 Å². The highest BCUT2D eigenvalue weighted by atomic mass is 16.3. The highest BCUT2D eigenvalue weighted by Gasteiger charge is 2.36. The summed E-state index contributed by atoms with van der Waals surface area (Å²) in [5, 5.41) is 12.2. The summed E-state index contributed by atoms with van der Waals surface area (Å²) >= 11 is 0. The van der Waals surface area contributed by atoms with Crippen molar-refractivity contribution >= 4 is 11.6 Å². The molecular formula is C18H16NO2. The fourth-order valence-corrected chi connectivity index (χ4v) is 2.64. The van der Waals surface area contributed by atoms with E-state index >= 15 is 0 Å². The van der Waals surface area contributed by atoms with Crippen molar-refractivity contribution in [3.05, 3.63) is 78.2 Å². The molecule has 1 aromatic rings. The van der Waals surface area contributed by atoms with Crippen molar-refractivity contribution in [3.63, 3.8) is 0 Å². The number of nitrogens with zero attached hydrogens (tertiary/aromatic N) is 1. The van der Waals surface area contributed by atoms with E-state index in [0.717, 1.165) is 18.4 Å². The van der Waals surface area contributed by atoms with E-state index in [1.807, 2.05) is 42.5 Å². The molecule has 1 aliphatic carbocycles. The summed E-state index contributed by atoms with van der Waals surface area (Å²) in [4.78, 5) is 13.9. The number of hydrogen-bond acceptors (Lipinski definition) is 1. The minimum Gasteiger partial charge on any atom is -0.273 e. The van der Waals surface area contributed by atoms with Crippen LogP contribution in [0.4, 0.5) is 5.69 Å². The predicted octanol–water partition coefficient (Wildman–Crippen LogP) is 3.75. The van der Waals surface area contributed by atoms with Crippen LogP contribution in [-0.2, 0) is 9.90 Å². The molecule has 3 heteroatoms. The normalized spacial score (nSPS) is 27.3. The van der Waals surface area contributed by atoms with Gasteiger partial charge in [-0.3, -0.25) is 9.90 Å². The van der Waals surface area contributed by atoms with Gasteiger partial charge in [-0.05, 0) is 31.1 Å². The Morgan fingerprint density at radius 2 is 1.86 bits per heavy atom. The van der Waals surface area contributed by atoms with Crippen molar-refractivity contribution in [1.82, 2.24) is 0 Å². The Bertz CT molecular complexity index is 653. The second-order valence-corrected chi connectivity index (χ2v) is 5.09. The van der Waals surface area contributed by atoms with E-state index in [9.17, 15) is 9.90 Å². The van der Waals surface area contributed by atoms with Gasteiger partial charge in [0.15, 0.2) is 0 Å². The smallest absolute Gasteiger partial charge is 0.254 e. The van der Waals surface area contributed by atoms with E-state index < -0.39 is 5.92 Å². The minimum atomic E-state index is -0.436. The number of rotatable bonds is 2. The second-order valence-electron chi connectivity index (χ2n) is 5.09. The van der Waals surface area contributed by atoms with E-state index in [-0.39, 0.29) is 11.8 Å². The van der Waals surface area contributed by atoms with Gasteiger partial charge in [0, 0.05) is 0 Å². The van der Waals surface area contributed by atoms with Crippen molar-refractivity contribution in [3.8, 4) is 0 Å². The number of carbonyl (C=O) groups is 1. The quantitative estimate of drug-likeness (QED) is 0.812. The maximum absolute atomic E-state index is 12.6. The van der Waals surface area contributed by atoms with Gasteiger partial charge in [-0.15, -0.1) is 0 Å². The van der Waals surface area contributed by atoms with Crippen molar-refractivity contribution in [1.29, 1.82) is 0 Å². The van der Waals surface area contributed by atoms with Gasteiger partial charge in [0.25, 0.3) is 5.88 Å². The molecule has 3 rings (SSSR count). The number of anilines is 1. The maximum Gasteiger partial charge on any atom is 0.254 e. The molecule has 0 fully saturated rings. The molecule has 0 unspecified atom stereocenters. The molecule has 2 aliphatic rings. The number of carbonyl (C=O) groups excluding carboxylic acids is 1. The number of benzene rings is 1. The number of allylic oxidation sites excluding steroid dienone is 5. The van der Waals surface area contributed by atoms with Crippen LogP contribution in [0, 0.1) is 5.92 Å². The molecule has 1 heterocycles. The van der Waals surface area contributed by atoms with Crippen molar-refractivity contribution in [2.24, 2.45) is 5.92 Å². The monoisotopic (exact) mass is 278 g/mol. The van der Waals surface area contributed by atoms with Crippen LogP contribution in [0.1, 0.15) is 12.8 Å². The van der Waals surface area contributed by atoms with E-state index in [2.05, 4.69) is 6.08 Å². The first-order valence-corrected chi connectivity index (χ1v) is 7.07. The van der Waals surface area contributed by atoms with Crippen molar-refractivity contribution in [2.75, 3.05) is 4.90 Å². The third kappa shape index (κ3) is 2.68. The third-order valence-corrected chi connectivity index (χ3v) is 3.70. The molecule has 1 radical (unpaired) electrons. The summed E-state index contributed by atoms with van der Waals surface area (Å²) in [6, 6.07) is 9.07. The van der Waals surface area contributed by atoms with Crippen LogP contribution in [0.3, 0.4) is 0 Å². The first kappa shape index (κ1) is 13.4. The molecular weight excluding hydrogens is 262 g/mol. The first-order chi connectivity index (χ1) is 10.3. The summed E-state index contributed by atoms with van der Waals surface area (Å²) < 4.78 is 0. The van der Waals surface area contributed by atoms with Gasteiger partial charge >= 0.3 is 0 Å². The first-order valence-electron chi connectivity index (χ1n) is 7.07. The van der Waals surface area contributed by atoms with Crippen molar-refractivity contribution < 1.29 is 9.90 Å². The largest absolute Gasteiger partial charge is 0.273 e. The lowest BCUT2D eigenvalue weighted by molar-refractivity contribution is -0.119. The lowest BCUT2D eigenvalue weighted by Crippen LogP contribution is -2.29. The molecule has 3 nitrogen and oxygen atoms in total. The standard InChI is InChI=1S/C18H16NO2/c20-17-13-16(14-9-5-2-1-3-6-10-14)18(21)19(17)15-11-7-4-8-12-15/h1-5,7-9,11-13,16H,6,10H2/b3-1-,5-2-,14-9+/t16-/m0/s1. The minimum absolute atomic E-state index is 0.157. The Hall–Kier alpha value is -2.55.